The number of hydrogen-bond acceptors (Lipinski definition) is 4. The number of ether oxygens (including phenoxy) is 1. The van der Waals surface area contributed by atoms with E-state index >= 15 is 0 Å². The molecule has 1 aliphatic carbocycles. The van der Waals surface area contributed by atoms with Gasteiger partial charge in [0, 0.05) is 24.4 Å². The van der Waals surface area contributed by atoms with Gasteiger partial charge in [0.25, 0.3) is 0 Å². The minimum absolute atomic E-state index is 0.153. The summed E-state index contributed by atoms with van der Waals surface area (Å²) >= 11 is 0. The molecule has 0 fully saturated rings. The smallest absolute Gasteiger partial charge is 0.305 e. The molecule has 3 aromatic rings. The van der Waals surface area contributed by atoms with E-state index in [0.717, 1.165) is 27.5 Å². The van der Waals surface area contributed by atoms with Gasteiger partial charge in [0.05, 0.1) is 12.0 Å². The van der Waals surface area contributed by atoms with E-state index in [-0.39, 0.29) is 11.8 Å². The number of rotatable bonds is 7. The molecular weight excluding hydrogens is 350 g/mol. The van der Waals surface area contributed by atoms with Crippen LogP contribution in [0.4, 0.5) is 0 Å². The lowest BCUT2D eigenvalue weighted by Gasteiger charge is -2.29. The average molecular weight is 373 g/mol. The zero-order valence-corrected chi connectivity index (χ0v) is 16.0. The Labute approximate surface area is 164 Å². The average Bonchev–Trinajstić information content (AvgIpc) is 2.94. The maximum atomic E-state index is 13.7. The molecule has 0 amide bonds. The second kappa shape index (κ2) is 7.55. The summed E-state index contributed by atoms with van der Waals surface area (Å²) in [6.45, 7) is 2.19. The van der Waals surface area contributed by atoms with Gasteiger partial charge < -0.3 is 4.74 Å². The van der Waals surface area contributed by atoms with Crippen molar-refractivity contribution >= 4 is 22.5 Å². The Hall–Kier alpha value is -3.01. The number of nitrogens with zero attached hydrogens (tertiary/aromatic N) is 1. The van der Waals surface area contributed by atoms with Gasteiger partial charge in [-0.25, -0.2) is 0 Å². The molecule has 0 bridgehead atoms. The van der Waals surface area contributed by atoms with Gasteiger partial charge >= 0.3 is 5.97 Å². The third-order valence-electron chi connectivity index (χ3n) is 5.64. The Morgan fingerprint density at radius 2 is 1.82 bits per heavy atom. The molecule has 0 radical (unpaired) electrons. The number of aromatic nitrogens is 1. The Morgan fingerprint density at radius 1 is 1.07 bits per heavy atom. The highest BCUT2D eigenvalue weighted by Gasteiger charge is 2.46. The van der Waals surface area contributed by atoms with Crippen LogP contribution in [0.1, 0.15) is 47.7 Å². The lowest BCUT2D eigenvalue weighted by molar-refractivity contribution is -0.143. The van der Waals surface area contributed by atoms with E-state index in [1.807, 2.05) is 30.3 Å². The van der Waals surface area contributed by atoms with E-state index < -0.39 is 5.41 Å². The van der Waals surface area contributed by atoms with Gasteiger partial charge in [0.2, 0.25) is 0 Å². The van der Waals surface area contributed by atoms with E-state index in [1.54, 1.807) is 19.3 Å². The number of esters is 1. The largest absolute Gasteiger partial charge is 0.466 e. The molecule has 4 heteroatoms. The first-order valence-electron chi connectivity index (χ1n) is 9.77. The van der Waals surface area contributed by atoms with Crippen molar-refractivity contribution in [1.82, 2.24) is 4.98 Å². The Morgan fingerprint density at radius 3 is 2.57 bits per heavy atom. The first-order chi connectivity index (χ1) is 13.7. The van der Waals surface area contributed by atoms with Gasteiger partial charge in [-0.05, 0) is 60.2 Å². The minimum atomic E-state index is -0.656. The molecule has 0 saturated heterocycles. The lowest BCUT2D eigenvalue weighted by atomic mass is 9.71. The van der Waals surface area contributed by atoms with Gasteiger partial charge in [-0.3, -0.25) is 14.6 Å². The second-order valence-corrected chi connectivity index (χ2v) is 7.31. The van der Waals surface area contributed by atoms with Gasteiger partial charge in [-0.2, -0.15) is 0 Å². The predicted octanol–water partition coefficient (Wildman–Crippen LogP) is 4.65. The number of Topliss-reactive ketones (excluding diaryl/α,β-unsaturated/α-hetero) is 1. The van der Waals surface area contributed by atoms with Crippen LogP contribution in [0.3, 0.4) is 0 Å². The lowest BCUT2D eigenvalue weighted by Crippen LogP contribution is -2.35. The van der Waals surface area contributed by atoms with Crippen LogP contribution in [0, 0.1) is 0 Å². The Bertz CT molecular complexity index is 1020. The summed E-state index contributed by atoms with van der Waals surface area (Å²) in [6.07, 6.45) is 5.67. The molecule has 1 heterocycles. The Balaban J connectivity index is 1.75. The molecular formula is C24H23NO3. The number of ketones is 1. The van der Waals surface area contributed by atoms with Crippen molar-refractivity contribution in [3.8, 4) is 0 Å². The fourth-order valence-electron chi connectivity index (χ4n) is 4.44. The van der Waals surface area contributed by atoms with Crippen molar-refractivity contribution in [2.24, 2.45) is 0 Å². The molecule has 2 aromatic carbocycles. The zero-order valence-electron chi connectivity index (χ0n) is 16.0. The molecule has 4 rings (SSSR count). The molecule has 0 aliphatic heterocycles. The van der Waals surface area contributed by atoms with Crippen LogP contribution in [-0.2, 0) is 21.4 Å². The number of carbonyl (C=O) groups excluding carboxylic acids is 2. The molecule has 0 N–H and O–H groups in total. The van der Waals surface area contributed by atoms with Crippen molar-refractivity contribution in [1.29, 1.82) is 0 Å². The summed E-state index contributed by atoms with van der Waals surface area (Å²) in [5.74, 6) is -0.0531. The van der Waals surface area contributed by atoms with Gasteiger partial charge in [0.1, 0.15) is 0 Å². The number of benzene rings is 2. The van der Waals surface area contributed by atoms with E-state index in [9.17, 15) is 9.59 Å². The number of pyridine rings is 1. The number of carbonyl (C=O) groups is 2. The summed E-state index contributed by atoms with van der Waals surface area (Å²) in [5, 5.41) is 2.14. The highest BCUT2D eigenvalue weighted by molar-refractivity contribution is 6.20. The SMILES string of the molecule is CCOC(=O)CCCC1(Cc2ccncc2)C(=O)c2cccc3cccc1c23. The maximum Gasteiger partial charge on any atom is 0.305 e. The summed E-state index contributed by atoms with van der Waals surface area (Å²) in [5.41, 5.74) is 2.28. The van der Waals surface area contributed by atoms with Gasteiger partial charge in [0.15, 0.2) is 5.78 Å². The zero-order chi connectivity index (χ0) is 19.6. The highest BCUT2D eigenvalue weighted by atomic mass is 16.5. The summed E-state index contributed by atoms with van der Waals surface area (Å²) in [7, 11) is 0. The van der Waals surface area contributed by atoms with Crippen molar-refractivity contribution in [3.05, 3.63) is 77.6 Å². The predicted molar refractivity (Wildman–Crippen MR) is 108 cm³/mol. The molecule has 28 heavy (non-hydrogen) atoms. The van der Waals surface area contributed by atoms with Crippen LogP contribution in [0.5, 0.6) is 0 Å². The molecule has 4 nitrogen and oxygen atoms in total. The first-order valence-corrected chi connectivity index (χ1v) is 9.77. The van der Waals surface area contributed by atoms with E-state index in [0.29, 0.717) is 32.3 Å². The van der Waals surface area contributed by atoms with Crippen LogP contribution in [-0.4, -0.2) is 23.3 Å². The molecule has 142 valence electrons. The molecule has 1 unspecified atom stereocenters. The minimum Gasteiger partial charge on any atom is -0.466 e. The summed E-state index contributed by atoms with van der Waals surface area (Å²) < 4.78 is 5.07. The van der Waals surface area contributed by atoms with Crippen molar-refractivity contribution in [3.63, 3.8) is 0 Å². The van der Waals surface area contributed by atoms with Crippen LogP contribution in [0.15, 0.2) is 60.9 Å². The standard InChI is InChI=1S/C24H23NO3/c1-2-28-21(26)10-5-13-24(16-17-11-14-25-15-12-17)20-9-4-7-18-6-3-8-19(22(18)20)23(24)27/h3-4,6-9,11-12,14-15H,2,5,10,13,16H2,1H3. The molecule has 0 spiro atoms. The van der Waals surface area contributed by atoms with Gasteiger partial charge in [-0.15, -0.1) is 0 Å². The van der Waals surface area contributed by atoms with E-state index in [2.05, 4.69) is 23.2 Å². The van der Waals surface area contributed by atoms with Crippen LogP contribution < -0.4 is 0 Å². The van der Waals surface area contributed by atoms with Crippen molar-refractivity contribution in [2.45, 2.75) is 38.0 Å². The maximum absolute atomic E-state index is 13.7. The van der Waals surface area contributed by atoms with Gasteiger partial charge in [-0.1, -0.05) is 36.4 Å². The molecule has 1 aliphatic rings. The normalized spacial score (nSPS) is 17.8. The van der Waals surface area contributed by atoms with E-state index in [4.69, 9.17) is 4.74 Å². The Kier molecular flexibility index (Phi) is 4.95. The third-order valence-corrected chi connectivity index (χ3v) is 5.64. The monoisotopic (exact) mass is 373 g/mol. The fraction of sp³-hybridized carbons (Fsp3) is 0.292. The highest BCUT2D eigenvalue weighted by Crippen LogP contribution is 2.47. The topological polar surface area (TPSA) is 56.3 Å². The van der Waals surface area contributed by atoms with Crippen molar-refractivity contribution in [2.75, 3.05) is 6.61 Å². The quantitative estimate of drug-likeness (QED) is 0.566. The second-order valence-electron chi connectivity index (χ2n) is 7.31. The first kappa shape index (κ1) is 18.4. The molecule has 1 atom stereocenters. The summed E-state index contributed by atoms with van der Waals surface area (Å²) in [6, 6.07) is 16.0. The van der Waals surface area contributed by atoms with Crippen LogP contribution in [0.25, 0.3) is 10.8 Å². The fourth-order valence-corrected chi connectivity index (χ4v) is 4.44. The molecule has 1 aromatic heterocycles. The van der Waals surface area contributed by atoms with Crippen LogP contribution >= 0.6 is 0 Å². The van der Waals surface area contributed by atoms with Crippen molar-refractivity contribution < 1.29 is 14.3 Å². The summed E-state index contributed by atoms with van der Waals surface area (Å²) in [4.78, 5) is 29.6. The third kappa shape index (κ3) is 3.09. The van der Waals surface area contributed by atoms with E-state index in [1.165, 1.54) is 0 Å². The molecule has 0 saturated carbocycles. The van der Waals surface area contributed by atoms with Crippen LogP contribution in [0.2, 0.25) is 0 Å². The number of hydrogen-bond donors (Lipinski definition) is 0.